The number of alkyl halides is 1. The van der Waals surface area contributed by atoms with Crippen LogP contribution in [0.3, 0.4) is 0 Å². The predicted molar refractivity (Wildman–Crippen MR) is 134 cm³/mol. The lowest BCUT2D eigenvalue weighted by molar-refractivity contribution is -0.136. The predicted octanol–water partition coefficient (Wildman–Crippen LogP) is 2.37. The van der Waals surface area contributed by atoms with Crippen LogP contribution in [0.5, 0.6) is 0 Å². The van der Waals surface area contributed by atoms with Gasteiger partial charge in [-0.1, -0.05) is 28.7 Å². The maximum absolute atomic E-state index is 12.9. The number of carbonyl (C=O) groups excluding carboxylic acids is 3. The highest BCUT2D eigenvalue weighted by Gasteiger charge is 2.39. The quantitative estimate of drug-likeness (QED) is 0.162. The molecule has 9 heteroatoms. The molecule has 1 aromatic carbocycles. The number of hydrogen-bond acceptors (Lipinski definition) is 6. The molecule has 0 aliphatic carbocycles. The average molecular weight is 570 g/mol. The van der Waals surface area contributed by atoms with Crippen LogP contribution in [0.4, 0.5) is 0 Å². The van der Waals surface area contributed by atoms with E-state index in [-0.39, 0.29) is 24.1 Å². The van der Waals surface area contributed by atoms with E-state index in [0.717, 1.165) is 42.3 Å². The summed E-state index contributed by atoms with van der Waals surface area (Å²) in [5.74, 6) is 0.301. The standard InChI is InChI=1S/C23H31IN4O3S/c24-8-2-9-26-11-13-27(14-12-26)10-3-15-32-20-5-1-4-17-18(20)16-28(23(17)31)19-6-7-21(29)25-22(19)30/h1,4-5,19H,2-3,6-16H2,(H,25,29,30). The molecule has 0 radical (unpaired) electrons. The maximum Gasteiger partial charge on any atom is 0.255 e. The Morgan fingerprint density at radius 1 is 1.03 bits per heavy atom. The van der Waals surface area contributed by atoms with Gasteiger partial charge in [-0.15, -0.1) is 11.8 Å². The van der Waals surface area contributed by atoms with Crippen LogP contribution >= 0.6 is 34.4 Å². The van der Waals surface area contributed by atoms with Gasteiger partial charge in [0.25, 0.3) is 5.91 Å². The summed E-state index contributed by atoms with van der Waals surface area (Å²) in [4.78, 5) is 44.6. The van der Waals surface area contributed by atoms with Gasteiger partial charge in [-0.05, 0) is 55.8 Å². The Kier molecular flexibility index (Phi) is 8.47. The molecule has 1 aromatic rings. The smallest absolute Gasteiger partial charge is 0.255 e. The van der Waals surface area contributed by atoms with E-state index in [2.05, 4.69) is 43.8 Å². The van der Waals surface area contributed by atoms with Gasteiger partial charge in [0.1, 0.15) is 6.04 Å². The van der Waals surface area contributed by atoms with Crippen LogP contribution in [-0.2, 0) is 16.1 Å². The Balaban J connectivity index is 1.26. The van der Waals surface area contributed by atoms with Crippen LogP contribution in [0, 0.1) is 0 Å². The van der Waals surface area contributed by atoms with Gasteiger partial charge < -0.3 is 14.7 Å². The first-order chi connectivity index (χ1) is 15.6. The Morgan fingerprint density at radius 3 is 2.44 bits per heavy atom. The summed E-state index contributed by atoms with van der Waals surface area (Å²) >= 11 is 4.26. The zero-order valence-electron chi connectivity index (χ0n) is 18.4. The third kappa shape index (κ3) is 5.66. The number of rotatable bonds is 9. The lowest BCUT2D eigenvalue weighted by atomic mass is 10.0. The fourth-order valence-electron chi connectivity index (χ4n) is 4.68. The normalized spacial score (nSPS) is 22.3. The molecular formula is C23H31IN4O3S. The van der Waals surface area contributed by atoms with Crippen molar-refractivity contribution in [3.05, 3.63) is 29.3 Å². The highest BCUT2D eigenvalue weighted by atomic mass is 127. The number of nitrogens with one attached hydrogen (secondary N) is 1. The minimum Gasteiger partial charge on any atom is -0.322 e. The molecule has 1 N–H and O–H groups in total. The second kappa shape index (κ2) is 11.3. The topological polar surface area (TPSA) is 73.0 Å². The largest absolute Gasteiger partial charge is 0.322 e. The van der Waals surface area contributed by atoms with Crippen LogP contribution in [-0.4, -0.2) is 87.9 Å². The number of halogens is 1. The van der Waals surface area contributed by atoms with Gasteiger partial charge in [-0.3, -0.25) is 19.7 Å². The van der Waals surface area contributed by atoms with Gasteiger partial charge in [-0.2, -0.15) is 0 Å². The second-order valence-electron chi connectivity index (χ2n) is 8.61. The minimum absolute atomic E-state index is 0.0996. The van der Waals surface area contributed by atoms with E-state index < -0.39 is 6.04 Å². The number of piperazine rings is 1. The first-order valence-electron chi connectivity index (χ1n) is 11.5. The van der Waals surface area contributed by atoms with Crippen molar-refractivity contribution in [2.75, 3.05) is 49.4 Å². The molecular weight excluding hydrogens is 539 g/mol. The van der Waals surface area contributed by atoms with Crippen molar-refractivity contribution in [1.29, 1.82) is 0 Å². The van der Waals surface area contributed by atoms with Crippen LogP contribution in [0.15, 0.2) is 23.1 Å². The summed E-state index contributed by atoms with van der Waals surface area (Å²) in [6.45, 7) is 7.44. The van der Waals surface area contributed by atoms with E-state index in [9.17, 15) is 14.4 Å². The number of imide groups is 1. The molecule has 32 heavy (non-hydrogen) atoms. The molecule has 3 amide bonds. The molecule has 0 spiro atoms. The molecule has 2 fully saturated rings. The number of carbonyl (C=O) groups is 3. The minimum atomic E-state index is -0.555. The third-order valence-electron chi connectivity index (χ3n) is 6.49. The molecule has 7 nitrogen and oxygen atoms in total. The van der Waals surface area contributed by atoms with E-state index in [0.29, 0.717) is 18.5 Å². The summed E-state index contributed by atoms with van der Waals surface area (Å²) in [6.07, 6.45) is 3.08. The molecule has 3 aliphatic rings. The SMILES string of the molecule is O=C1CCC(N2Cc3c(SCCCN4CCN(CCCI)CC4)cccc3C2=O)C(=O)N1. The summed E-state index contributed by atoms with van der Waals surface area (Å²) in [7, 11) is 0. The van der Waals surface area contributed by atoms with Crippen molar-refractivity contribution < 1.29 is 14.4 Å². The fourth-order valence-corrected chi connectivity index (χ4v) is 6.04. The fraction of sp³-hybridized carbons (Fsp3) is 0.609. The van der Waals surface area contributed by atoms with Crippen LogP contribution in [0.25, 0.3) is 0 Å². The van der Waals surface area contributed by atoms with E-state index in [1.807, 2.05) is 12.1 Å². The van der Waals surface area contributed by atoms with Crippen LogP contribution in [0.1, 0.15) is 41.6 Å². The number of thioether (sulfide) groups is 1. The van der Waals surface area contributed by atoms with E-state index in [1.165, 1.54) is 30.5 Å². The van der Waals surface area contributed by atoms with Crippen molar-refractivity contribution in [3.8, 4) is 0 Å². The number of hydrogen-bond donors (Lipinski definition) is 1. The van der Waals surface area contributed by atoms with Gasteiger partial charge in [0, 0.05) is 54.0 Å². The molecule has 0 bridgehead atoms. The summed E-state index contributed by atoms with van der Waals surface area (Å²) in [6, 6.07) is 5.31. The molecule has 0 aromatic heterocycles. The first-order valence-corrected chi connectivity index (χ1v) is 14.0. The Morgan fingerprint density at radius 2 is 1.75 bits per heavy atom. The van der Waals surface area contributed by atoms with Crippen LogP contribution in [0.2, 0.25) is 0 Å². The average Bonchev–Trinajstić information content (AvgIpc) is 3.13. The van der Waals surface area contributed by atoms with Crippen molar-refractivity contribution in [1.82, 2.24) is 20.0 Å². The number of benzene rings is 1. The molecule has 1 atom stereocenters. The Hall–Kier alpha value is -1.17. The number of nitrogens with zero attached hydrogens (tertiary/aromatic N) is 3. The highest BCUT2D eigenvalue weighted by Crippen LogP contribution is 2.34. The molecule has 1 unspecified atom stereocenters. The lowest BCUT2D eigenvalue weighted by Crippen LogP contribution is -2.52. The second-order valence-corrected chi connectivity index (χ2v) is 10.8. The molecule has 3 heterocycles. The van der Waals surface area contributed by atoms with Gasteiger partial charge in [0.05, 0.1) is 0 Å². The summed E-state index contributed by atoms with van der Waals surface area (Å²) in [5.41, 5.74) is 1.72. The highest BCUT2D eigenvalue weighted by molar-refractivity contribution is 14.1. The van der Waals surface area contributed by atoms with Crippen molar-refractivity contribution in [3.63, 3.8) is 0 Å². The van der Waals surface area contributed by atoms with Crippen molar-refractivity contribution >= 4 is 52.1 Å². The molecule has 3 aliphatic heterocycles. The van der Waals surface area contributed by atoms with E-state index in [4.69, 9.17) is 0 Å². The first kappa shape index (κ1) is 24.0. The summed E-state index contributed by atoms with van der Waals surface area (Å²) in [5, 5.41) is 2.37. The summed E-state index contributed by atoms with van der Waals surface area (Å²) < 4.78 is 1.23. The number of piperidine rings is 1. The Bertz CT molecular complexity index is 860. The third-order valence-corrected chi connectivity index (χ3v) is 8.44. The number of amides is 3. The zero-order chi connectivity index (χ0) is 22.5. The molecule has 0 saturated carbocycles. The van der Waals surface area contributed by atoms with Gasteiger partial charge in [0.2, 0.25) is 11.8 Å². The molecule has 2 saturated heterocycles. The molecule has 4 rings (SSSR count). The van der Waals surface area contributed by atoms with Gasteiger partial charge in [-0.25, -0.2) is 0 Å². The molecule has 174 valence electrons. The number of fused-ring (bicyclic) bond motifs is 1. The van der Waals surface area contributed by atoms with Gasteiger partial charge >= 0.3 is 0 Å². The monoisotopic (exact) mass is 570 g/mol. The van der Waals surface area contributed by atoms with Crippen molar-refractivity contribution in [2.24, 2.45) is 0 Å². The van der Waals surface area contributed by atoms with E-state index in [1.54, 1.807) is 16.7 Å². The van der Waals surface area contributed by atoms with Crippen molar-refractivity contribution in [2.45, 2.75) is 43.2 Å². The van der Waals surface area contributed by atoms with Gasteiger partial charge in [0.15, 0.2) is 0 Å². The maximum atomic E-state index is 12.9. The van der Waals surface area contributed by atoms with E-state index >= 15 is 0 Å². The zero-order valence-corrected chi connectivity index (χ0v) is 21.3. The Labute approximate surface area is 207 Å². The lowest BCUT2D eigenvalue weighted by Gasteiger charge is -2.34. The van der Waals surface area contributed by atoms with Crippen LogP contribution < -0.4 is 5.32 Å².